The minimum absolute atomic E-state index is 0.134. The molecule has 0 saturated heterocycles. The highest BCUT2D eigenvalue weighted by Crippen LogP contribution is 2.21. The van der Waals surface area contributed by atoms with E-state index in [4.69, 9.17) is 9.47 Å². The fourth-order valence-electron chi connectivity index (χ4n) is 2.64. The van der Waals surface area contributed by atoms with Crippen molar-refractivity contribution in [1.29, 1.82) is 0 Å². The van der Waals surface area contributed by atoms with E-state index in [0.29, 0.717) is 28.1 Å². The van der Waals surface area contributed by atoms with Crippen LogP contribution in [0.2, 0.25) is 0 Å². The molecule has 158 valence electrons. The Balaban J connectivity index is 1.90. The standard InChI is InChI=1S/C22H24N2O6/c1-14(25)16-7-10-19(29-4)17(11-16)12-21(27)30-13-20(26)23-18-8-5-15(6-9-18)22(28)24(2)3/h5-11H,12-13H2,1-4H3,(H,23,26). The van der Waals surface area contributed by atoms with Crippen molar-refractivity contribution in [2.24, 2.45) is 0 Å². The van der Waals surface area contributed by atoms with Crippen molar-refractivity contribution in [2.45, 2.75) is 13.3 Å². The number of hydrogen-bond acceptors (Lipinski definition) is 6. The number of benzene rings is 2. The Bertz CT molecular complexity index is 951. The molecule has 0 bridgehead atoms. The minimum atomic E-state index is -0.629. The fourth-order valence-corrected chi connectivity index (χ4v) is 2.64. The van der Waals surface area contributed by atoms with Crippen LogP contribution in [-0.4, -0.2) is 56.3 Å². The third-order valence-corrected chi connectivity index (χ3v) is 4.21. The molecule has 0 saturated carbocycles. The Morgan fingerprint density at radius 1 is 0.967 bits per heavy atom. The Hall–Kier alpha value is -3.68. The van der Waals surface area contributed by atoms with E-state index >= 15 is 0 Å². The number of ether oxygens (including phenoxy) is 2. The number of rotatable bonds is 8. The van der Waals surface area contributed by atoms with E-state index in [9.17, 15) is 19.2 Å². The summed E-state index contributed by atoms with van der Waals surface area (Å²) in [7, 11) is 4.76. The molecule has 0 heterocycles. The van der Waals surface area contributed by atoms with Crippen LogP contribution >= 0.6 is 0 Å². The first-order chi connectivity index (χ1) is 14.2. The van der Waals surface area contributed by atoms with Crippen molar-refractivity contribution in [1.82, 2.24) is 4.90 Å². The molecular weight excluding hydrogens is 388 g/mol. The van der Waals surface area contributed by atoms with Gasteiger partial charge < -0.3 is 19.7 Å². The van der Waals surface area contributed by atoms with Crippen molar-refractivity contribution in [3.05, 3.63) is 59.2 Å². The van der Waals surface area contributed by atoms with Gasteiger partial charge in [-0.25, -0.2) is 0 Å². The molecule has 0 aliphatic rings. The normalized spacial score (nSPS) is 10.1. The molecule has 0 fully saturated rings. The molecule has 0 spiro atoms. The van der Waals surface area contributed by atoms with Gasteiger partial charge in [0.05, 0.1) is 13.5 Å². The molecular formula is C22H24N2O6. The molecule has 2 amide bonds. The van der Waals surface area contributed by atoms with Crippen LogP contribution in [-0.2, 0) is 20.7 Å². The van der Waals surface area contributed by atoms with Crippen LogP contribution in [0, 0.1) is 0 Å². The number of carbonyl (C=O) groups excluding carboxylic acids is 4. The highest BCUT2D eigenvalue weighted by Gasteiger charge is 2.14. The number of nitrogens with one attached hydrogen (secondary N) is 1. The predicted molar refractivity (Wildman–Crippen MR) is 111 cm³/mol. The van der Waals surface area contributed by atoms with Crippen LogP contribution in [0.5, 0.6) is 5.75 Å². The van der Waals surface area contributed by atoms with Crippen LogP contribution in [0.1, 0.15) is 33.2 Å². The number of amides is 2. The maximum Gasteiger partial charge on any atom is 0.310 e. The lowest BCUT2D eigenvalue weighted by Crippen LogP contribution is -2.22. The van der Waals surface area contributed by atoms with E-state index in [-0.39, 0.29) is 18.1 Å². The summed E-state index contributed by atoms with van der Waals surface area (Å²) in [5, 5.41) is 2.59. The molecule has 0 aromatic heterocycles. The highest BCUT2D eigenvalue weighted by atomic mass is 16.5. The van der Waals surface area contributed by atoms with Crippen LogP contribution in [0.4, 0.5) is 5.69 Å². The summed E-state index contributed by atoms with van der Waals surface area (Å²) in [5.74, 6) is -0.972. The van der Waals surface area contributed by atoms with E-state index in [1.54, 1.807) is 56.6 Å². The maximum atomic E-state index is 12.1. The topological polar surface area (TPSA) is 102 Å². The zero-order valence-electron chi connectivity index (χ0n) is 17.4. The summed E-state index contributed by atoms with van der Waals surface area (Å²) in [6, 6.07) is 11.2. The van der Waals surface area contributed by atoms with Gasteiger partial charge in [-0.15, -0.1) is 0 Å². The fraction of sp³-hybridized carbons (Fsp3) is 0.273. The Kier molecular flexibility index (Phi) is 7.69. The van der Waals surface area contributed by atoms with Gasteiger partial charge in [0.1, 0.15) is 5.75 Å². The van der Waals surface area contributed by atoms with Crippen LogP contribution in [0.15, 0.2) is 42.5 Å². The first-order valence-electron chi connectivity index (χ1n) is 9.16. The number of esters is 1. The maximum absolute atomic E-state index is 12.1. The SMILES string of the molecule is COc1ccc(C(C)=O)cc1CC(=O)OCC(=O)Nc1ccc(C(=O)N(C)C)cc1. The lowest BCUT2D eigenvalue weighted by molar-refractivity contribution is -0.146. The lowest BCUT2D eigenvalue weighted by Gasteiger charge is -2.11. The van der Waals surface area contributed by atoms with E-state index in [0.717, 1.165) is 0 Å². The van der Waals surface area contributed by atoms with Crippen LogP contribution in [0.3, 0.4) is 0 Å². The lowest BCUT2D eigenvalue weighted by atomic mass is 10.0. The monoisotopic (exact) mass is 412 g/mol. The highest BCUT2D eigenvalue weighted by molar-refractivity contribution is 5.96. The van der Waals surface area contributed by atoms with Gasteiger partial charge in [0.15, 0.2) is 12.4 Å². The smallest absolute Gasteiger partial charge is 0.310 e. The molecule has 0 aliphatic carbocycles. The molecule has 8 heteroatoms. The molecule has 8 nitrogen and oxygen atoms in total. The van der Waals surface area contributed by atoms with Crippen molar-refractivity contribution >= 4 is 29.3 Å². The van der Waals surface area contributed by atoms with Crippen molar-refractivity contribution in [3.8, 4) is 5.75 Å². The second-order valence-electron chi connectivity index (χ2n) is 6.75. The summed E-state index contributed by atoms with van der Waals surface area (Å²) in [4.78, 5) is 49.0. The number of methoxy groups -OCH3 is 1. The summed E-state index contributed by atoms with van der Waals surface area (Å²) in [6.07, 6.45) is -0.140. The number of hydrogen-bond donors (Lipinski definition) is 1. The van der Waals surface area contributed by atoms with E-state index in [2.05, 4.69) is 5.32 Å². The molecule has 0 atom stereocenters. The number of ketones is 1. The average molecular weight is 412 g/mol. The summed E-state index contributed by atoms with van der Waals surface area (Å²) in [5.41, 5.74) is 1.91. The van der Waals surface area contributed by atoms with Crippen molar-refractivity contribution in [2.75, 3.05) is 33.1 Å². The second-order valence-corrected chi connectivity index (χ2v) is 6.75. The third kappa shape index (κ3) is 6.16. The molecule has 0 radical (unpaired) electrons. The van der Waals surface area contributed by atoms with Gasteiger partial charge in [0.25, 0.3) is 11.8 Å². The third-order valence-electron chi connectivity index (χ3n) is 4.21. The van der Waals surface area contributed by atoms with Crippen molar-refractivity contribution < 1.29 is 28.7 Å². The van der Waals surface area contributed by atoms with Gasteiger partial charge in [-0.2, -0.15) is 0 Å². The Morgan fingerprint density at radius 2 is 1.60 bits per heavy atom. The van der Waals surface area contributed by atoms with E-state index in [1.807, 2.05) is 0 Å². The Morgan fingerprint density at radius 3 is 2.17 bits per heavy atom. The van der Waals surface area contributed by atoms with Gasteiger partial charge >= 0.3 is 5.97 Å². The first-order valence-corrected chi connectivity index (χ1v) is 9.16. The van der Waals surface area contributed by atoms with Crippen LogP contribution in [0.25, 0.3) is 0 Å². The molecule has 2 aromatic rings. The summed E-state index contributed by atoms with van der Waals surface area (Å²) < 4.78 is 10.2. The quantitative estimate of drug-likeness (QED) is 0.527. The zero-order chi connectivity index (χ0) is 22.3. The first kappa shape index (κ1) is 22.6. The predicted octanol–water partition coefficient (Wildman–Crippen LogP) is 2.32. The van der Waals surface area contributed by atoms with Crippen LogP contribution < -0.4 is 10.1 Å². The van der Waals surface area contributed by atoms with Gasteiger partial charge in [0.2, 0.25) is 0 Å². The van der Waals surface area contributed by atoms with E-state index in [1.165, 1.54) is 18.9 Å². The molecule has 2 rings (SSSR count). The van der Waals surface area contributed by atoms with Crippen molar-refractivity contribution in [3.63, 3.8) is 0 Å². The largest absolute Gasteiger partial charge is 0.496 e. The average Bonchev–Trinajstić information content (AvgIpc) is 2.72. The van der Waals surface area contributed by atoms with E-state index < -0.39 is 18.5 Å². The molecule has 1 N–H and O–H groups in total. The molecule has 0 aliphatic heterocycles. The molecule has 2 aromatic carbocycles. The molecule has 0 unspecified atom stereocenters. The van der Waals surface area contributed by atoms with Gasteiger partial charge in [-0.1, -0.05) is 0 Å². The van der Waals surface area contributed by atoms with Gasteiger partial charge in [-0.05, 0) is 49.4 Å². The van der Waals surface area contributed by atoms with Gasteiger partial charge in [0, 0.05) is 36.5 Å². The number of carbonyl (C=O) groups is 4. The number of nitrogens with zero attached hydrogens (tertiary/aromatic N) is 1. The molecule has 30 heavy (non-hydrogen) atoms. The number of anilines is 1. The second kappa shape index (κ2) is 10.2. The Labute approximate surface area is 174 Å². The summed E-state index contributed by atoms with van der Waals surface area (Å²) >= 11 is 0. The minimum Gasteiger partial charge on any atom is -0.496 e. The summed E-state index contributed by atoms with van der Waals surface area (Å²) in [6.45, 7) is 0.961. The number of Topliss-reactive ketones (excluding diaryl/α,β-unsaturated/α-hetero) is 1. The van der Waals surface area contributed by atoms with Gasteiger partial charge in [-0.3, -0.25) is 19.2 Å². The zero-order valence-corrected chi connectivity index (χ0v) is 17.4.